The first kappa shape index (κ1) is 20.3. The summed E-state index contributed by atoms with van der Waals surface area (Å²) in [5, 5.41) is 0. The van der Waals surface area contributed by atoms with Gasteiger partial charge in [-0.3, -0.25) is 0 Å². The second kappa shape index (κ2) is 10.1. The number of nitrogens with zero attached hydrogens (tertiary/aromatic N) is 3. The van der Waals surface area contributed by atoms with Gasteiger partial charge in [0.2, 0.25) is 0 Å². The number of rotatable bonds is 9. The molecular formula is C17H32LiN3. The molecule has 0 amide bonds. The zero-order valence-electron chi connectivity index (χ0n) is 15.2. The van der Waals surface area contributed by atoms with E-state index in [2.05, 4.69) is 68.4 Å². The van der Waals surface area contributed by atoms with Crippen LogP contribution in [-0.4, -0.2) is 39.3 Å². The van der Waals surface area contributed by atoms with Crippen molar-refractivity contribution in [3.63, 3.8) is 0 Å². The van der Waals surface area contributed by atoms with E-state index in [1.165, 1.54) is 17.1 Å². The van der Waals surface area contributed by atoms with E-state index in [4.69, 9.17) is 0 Å². The third kappa shape index (κ3) is 4.41. The van der Waals surface area contributed by atoms with Crippen LogP contribution in [0.4, 0.5) is 17.1 Å². The minimum atomic E-state index is 0. The quantitative estimate of drug-likeness (QED) is 0.494. The molecular weight excluding hydrogens is 253 g/mol. The summed E-state index contributed by atoms with van der Waals surface area (Å²) in [6, 6.07) is 4.60. The zero-order valence-corrected chi connectivity index (χ0v) is 15.2. The van der Waals surface area contributed by atoms with Crippen LogP contribution in [0.25, 0.3) is 0 Å². The summed E-state index contributed by atoms with van der Waals surface area (Å²) in [5.41, 5.74) is 4.20. The molecule has 0 saturated carbocycles. The van der Waals surface area contributed by atoms with Gasteiger partial charge in [-0.25, -0.2) is 0 Å². The van der Waals surface area contributed by atoms with Crippen LogP contribution < -0.4 is 33.6 Å². The minimum Gasteiger partial charge on any atom is -0.432 e. The maximum Gasteiger partial charge on any atom is 1.00 e. The molecule has 0 heterocycles. The Bertz CT molecular complexity index is 348. The molecule has 0 atom stereocenters. The summed E-state index contributed by atoms with van der Waals surface area (Å²) in [4.78, 5) is 7.41. The van der Waals surface area contributed by atoms with E-state index in [9.17, 15) is 0 Å². The normalized spacial score (nSPS) is 10.2. The summed E-state index contributed by atoms with van der Waals surface area (Å²) < 4.78 is 0. The second-order valence-electron chi connectivity index (χ2n) is 4.97. The van der Waals surface area contributed by atoms with Gasteiger partial charge in [0, 0.05) is 39.3 Å². The second-order valence-corrected chi connectivity index (χ2v) is 4.97. The van der Waals surface area contributed by atoms with Gasteiger partial charge in [-0.15, -0.1) is 0 Å². The molecule has 0 N–H and O–H groups in total. The van der Waals surface area contributed by atoms with Crippen molar-refractivity contribution in [2.24, 2.45) is 0 Å². The Morgan fingerprint density at radius 2 is 1.24 bits per heavy atom. The molecule has 21 heavy (non-hydrogen) atoms. The van der Waals surface area contributed by atoms with Gasteiger partial charge >= 0.3 is 18.9 Å². The van der Waals surface area contributed by atoms with Gasteiger partial charge in [-0.2, -0.15) is 12.1 Å². The molecule has 3 nitrogen and oxygen atoms in total. The number of anilines is 3. The predicted octanol–water partition coefficient (Wildman–Crippen LogP) is 0.948. The van der Waals surface area contributed by atoms with E-state index in [1.807, 2.05) is 0 Å². The maximum absolute atomic E-state index is 2.49. The van der Waals surface area contributed by atoms with Gasteiger partial charge in [-0.05, 0) is 47.2 Å². The SMILES string of the molecule is CCN(CC)c1cc[c-](N(CC)CC)c1N(CC)CC.[Li+]. The Morgan fingerprint density at radius 1 is 0.762 bits per heavy atom. The molecule has 0 bridgehead atoms. The molecule has 0 aliphatic rings. The molecule has 1 aromatic carbocycles. The van der Waals surface area contributed by atoms with Crippen molar-refractivity contribution in [3.8, 4) is 0 Å². The fourth-order valence-electron chi connectivity index (χ4n) is 2.95. The average molecular weight is 285 g/mol. The first-order chi connectivity index (χ1) is 9.68. The van der Waals surface area contributed by atoms with Crippen molar-refractivity contribution in [1.82, 2.24) is 0 Å². The van der Waals surface area contributed by atoms with Crippen LogP contribution in [0.3, 0.4) is 0 Å². The predicted molar refractivity (Wildman–Crippen MR) is 92.7 cm³/mol. The van der Waals surface area contributed by atoms with Crippen LogP contribution in [0.15, 0.2) is 12.1 Å². The number of hydrogen-bond donors (Lipinski definition) is 0. The van der Waals surface area contributed by atoms with E-state index in [-0.39, 0.29) is 18.9 Å². The van der Waals surface area contributed by atoms with E-state index < -0.39 is 0 Å². The van der Waals surface area contributed by atoms with Crippen LogP contribution in [0.2, 0.25) is 0 Å². The van der Waals surface area contributed by atoms with E-state index in [0.717, 1.165) is 39.3 Å². The van der Waals surface area contributed by atoms with Crippen molar-refractivity contribution in [1.29, 1.82) is 0 Å². The Morgan fingerprint density at radius 3 is 1.62 bits per heavy atom. The fourth-order valence-corrected chi connectivity index (χ4v) is 2.95. The van der Waals surface area contributed by atoms with Crippen LogP contribution in [0.1, 0.15) is 41.5 Å². The van der Waals surface area contributed by atoms with Gasteiger partial charge in [0.05, 0.1) is 0 Å². The molecule has 0 spiro atoms. The zero-order chi connectivity index (χ0) is 15.1. The minimum absolute atomic E-state index is 0. The molecule has 1 aromatic rings. The molecule has 0 aliphatic carbocycles. The molecule has 0 aromatic heterocycles. The molecule has 0 unspecified atom stereocenters. The van der Waals surface area contributed by atoms with Gasteiger partial charge in [-0.1, -0.05) is 11.4 Å². The summed E-state index contributed by atoms with van der Waals surface area (Å²) >= 11 is 0. The average Bonchev–Trinajstić information content (AvgIpc) is 2.88. The van der Waals surface area contributed by atoms with Gasteiger partial charge in [0.15, 0.2) is 0 Å². The van der Waals surface area contributed by atoms with E-state index in [1.54, 1.807) is 0 Å². The first-order valence-electron chi connectivity index (χ1n) is 8.22. The third-order valence-electron chi connectivity index (χ3n) is 4.17. The Kier molecular flexibility index (Phi) is 9.82. The largest absolute Gasteiger partial charge is 1.00 e. The summed E-state index contributed by atoms with van der Waals surface area (Å²) in [5.74, 6) is 0. The molecule has 0 radical (unpaired) electrons. The smallest absolute Gasteiger partial charge is 0.432 e. The molecule has 1 rings (SSSR count). The van der Waals surface area contributed by atoms with Crippen LogP contribution in [0.5, 0.6) is 0 Å². The van der Waals surface area contributed by atoms with E-state index in [0.29, 0.717) is 0 Å². The third-order valence-corrected chi connectivity index (χ3v) is 4.17. The standard InChI is InChI=1S/C17H32N3.Li/c1-7-18(8-2)15-13-14-16(19(9-3)10-4)17(15)20(11-5)12-6;/h13-14H,7-12H2,1-6H3;/q-1;+1. The van der Waals surface area contributed by atoms with Crippen molar-refractivity contribution in [2.45, 2.75) is 41.5 Å². The Balaban J connectivity index is 0.00000400. The Labute approximate surface area is 143 Å². The monoisotopic (exact) mass is 285 g/mol. The van der Waals surface area contributed by atoms with Crippen LogP contribution in [0, 0.1) is 0 Å². The van der Waals surface area contributed by atoms with Crippen LogP contribution in [-0.2, 0) is 0 Å². The molecule has 0 aliphatic heterocycles. The van der Waals surface area contributed by atoms with Crippen molar-refractivity contribution in [2.75, 3.05) is 54.0 Å². The van der Waals surface area contributed by atoms with Gasteiger partial charge in [0.1, 0.15) is 0 Å². The van der Waals surface area contributed by atoms with Gasteiger partial charge in [0.25, 0.3) is 0 Å². The van der Waals surface area contributed by atoms with Crippen molar-refractivity contribution < 1.29 is 18.9 Å². The fraction of sp³-hybridized carbons (Fsp3) is 0.706. The summed E-state index contributed by atoms with van der Waals surface area (Å²) in [6.07, 6.45) is 0. The summed E-state index contributed by atoms with van der Waals surface area (Å²) in [6.45, 7) is 19.8. The molecule has 0 fully saturated rings. The van der Waals surface area contributed by atoms with Crippen molar-refractivity contribution >= 4 is 17.1 Å². The summed E-state index contributed by atoms with van der Waals surface area (Å²) in [7, 11) is 0. The van der Waals surface area contributed by atoms with E-state index >= 15 is 0 Å². The van der Waals surface area contributed by atoms with Crippen molar-refractivity contribution in [3.05, 3.63) is 12.1 Å². The number of hydrogen-bond acceptors (Lipinski definition) is 3. The van der Waals surface area contributed by atoms with Gasteiger partial charge < -0.3 is 14.7 Å². The first-order valence-corrected chi connectivity index (χ1v) is 8.22. The molecule has 4 heteroatoms. The molecule has 0 saturated heterocycles. The molecule has 116 valence electrons. The van der Waals surface area contributed by atoms with Crippen LogP contribution >= 0.6 is 0 Å². The maximum atomic E-state index is 2.49. The topological polar surface area (TPSA) is 9.72 Å². The Hall–Kier alpha value is -0.653.